The van der Waals surface area contributed by atoms with Crippen molar-refractivity contribution in [3.05, 3.63) is 0 Å². The fraction of sp³-hybridized carbons (Fsp3) is 1.00. The molecule has 0 bridgehead atoms. The average Bonchev–Trinajstić information content (AvgIpc) is 2.75. The van der Waals surface area contributed by atoms with Gasteiger partial charge in [-0.15, -0.1) is 0 Å². The van der Waals surface area contributed by atoms with Crippen molar-refractivity contribution in [2.24, 2.45) is 0 Å². The van der Waals surface area contributed by atoms with Crippen molar-refractivity contribution < 1.29 is 4.43 Å². The van der Waals surface area contributed by atoms with E-state index in [9.17, 15) is 0 Å². The predicted molar refractivity (Wildman–Crippen MR) is 161 cm³/mol. The second-order valence-corrected chi connectivity index (χ2v) is 24.6. The van der Waals surface area contributed by atoms with Crippen LogP contribution in [0.25, 0.3) is 0 Å². The summed E-state index contributed by atoms with van der Waals surface area (Å²) in [5.74, 6) is -1.01. The summed E-state index contributed by atoms with van der Waals surface area (Å²) >= 11 is 8.12. The molecule has 0 saturated heterocycles. The predicted octanol–water partition coefficient (Wildman–Crippen LogP) is 11.6. The van der Waals surface area contributed by atoms with Gasteiger partial charge in [-0.05, 0) is 0 Å². The molecule has 0 unspecified atom stereocenters. The molecular formula is C29H64ClOPSi. The van der Waals surface area contributed by atoms with Gasteiger partial charge < -0.3 is 0 Å². The Bertz CT molecular complexity index is 400. The molecule has 0 aromatic carbocycles. The topological polar surface area (TPSA) is 9.23 Å². The summed E-state index contributed by atoms with van der Waals surface area (Å²) in [6.07, 6.45) is 28.8. The van der Waals surface area contributed by atoms with E-state index in [1.165, 1.54) is 140 Å². The van der Waals surface area contributed by atoms with Crippen LogP contribution < -0.4 is 0 Å². The van der Waals surface area contributed by atoms with E-state index in [0.717, 1.165) is 6.61 Å². The van der Waals surface area contributed by atoms with Gasteiger partial charge in [0.05, 0.1) is 0 Å². The van der Waals surface area contributed by atoms with Crippen LogP contribution in [0.15, 0.2) is 0 Å². The fourth-order valence-electron chi connectivity index (χ4n) is 5.82. The Labute approximate surface area is 216 Å². The Morgan fingerprint density at radius 2 is 0.818 bits per heavy atom. The van der Waals surface area contributed by atoms with Gasteiger partial charge in [0.1, 0.15) is 0 Å². The Hall–Kier alpha value is 0.897. The maximum atomic E-state index is 8.12. The van der Waals surface area contributed by atoms with E-state index in [-0.39, 0.29) is 0 Å². The van der Waals surface area contributed by atoms with E-state index >= 15 is 0 Å². The van der Waals surface area contributed by atoms with Crippen molar-refractivity contribution in [2.75, 3.05) is 30.9 Å². The van der Waals surface area contributed by atoms with Crippen molar-refractivity contribution in [3.63, 3.8) is 0 Å². The van der Waals surface area contributed by atoms with Crippen LogP contribution in [-0.4, -0.2) is 39.2 Å². The van der Waals surface area contributed by atoms with Gasteiger partial charge in [0.25, 0.3) is 0 Å². The van der Waals surface area contributed by atoms with Crippen molar-refractivity contribution in [1.82, 2.24) is 0 Å². The molecule has 0 rings (SSSR count). The number of halogens is 1. The maximum absolute atomic E-state index is 8.12. The molecule has 0 aliphatic carbocycles. The van der Waals surface area contributed by atoms with Crippen LogP contribution in [-0.2, 0) is 4.43 Å². The van der Waals surface area contributed by atoms with E-state index in [0.29, 0.717) is 0 Å². The molecule has 0 spiro atoms. The van der Waals surface area contributed by atoms with Crippen LogP contribution in [0.4, 0.5) is 0 Å². The number of unbranched alkanes of at least 4 members (excludes halogenated alkanes) is 15. The molecule has 0 heterocycles. The van der Waals surface area contributed by atoms with Crippen LogP contribution in [0, 0.1) is 0 Å². The molecule has 0 aromatic heterocycles. The van der Waals surface area contributed by atoms with Crippen LogP contribution >= 0.6 is 17.2 Å². The summed E-state index contributed by atoms with van der Waals surface area (Å²) in [6.45, 7) is 14.9. The SMILES string of the molecule is CCCCCCCCP(Cl)(CCCCCCCC)(CCCCCCCC)C[Si](C)(C)OCC. The Morgan fingerprint density at radius 3 is 1.12 bits per heavy atom. The molecule has 0 aliphatic rings. The average molecular weight is 523 g/mol. The first-order chi connectivity index (χ1) is 15.7. The third-order valence-electron chi connectivity index (χ3n) is 7.52. The Balaban J connectivity index is 5.28. The zero-order chi connectivity index (χ0) is 24.9. The number of hydrogen-bond donors (Lipinski definition) is 0. The molecule has 0 aliphatic heterocycles. The molecule has 0 aromatic rings. The van der Waals surface area contributed by atoms with Gasteiger partial charge >= 0.3 is 217 Å². The third-order valence-corrected chi connectivity index (χ3v) is 21.7. The van der Waals surface area contributed by atoms with Crippen molar-refractivity contribution in [2.45, 2.75) is 156 Å². The standard InChI is InChI=1S/C29H64ClOPSi/c1-7-11-14-17-20-23-26-32(30,29-33(5,6)31-10-4,27-24-21-18-15-12-8-2)28-25-22-19-16-13-9-3/h7-29H2,1-6H3. The van der Waals surface area contributed by atoms with Gasteiger partial charge in [-0.1, -0.05) is 0 Å². The van der Waals surface area contributed by atoms with Gasteiger partial charge in [0, 0.05) is 0 Å². The Kier molecular flexibility index (Phi) is 20.6. The molecule has 0 amide bonds. The first-order valence-corrected chi connectivity index (χ1v) is 22.1. The van der Waals surface area contributed by atoms with Crippen LogP contribution in [0.2, 0.25) is 13.1 Å². The van der Waals surface area contributed by atoms with E-state index in [2.05, 4.69) is 40.8 Å². The summed E-state index contributed by atoms with van der Waals surface area (Å²) in [7, 11) is -1.73. The normalized spacial score (nSPS) is 13.8. The minimum atomic E-state index is -2.27. The number of hydrogen-bond acceptors (Lipinski definition) is 1. The monoisotopic (exact) mass is 522 g/mol. The minimum absolute atomic E-state index is 0.855. The summed E-state index contributed by atoms with van der Waals surface area (Å²) < 4.78 is 6.42. The van der Waals surface area contributed by atoms with Crippen molar-refractivity contribution >= 4 is 25.5 Å². The van der Waals surface area contributed by atoms with Gasteiger partial charge in [-0.2, -0.15) is 0 Å². The molecule has 0 N–H and O–H groups in total. The molecule has 4 heteroatoms. The summed E-state index contributed by atoms with van der Waals surface area (Å²) in [6, 6.07) is 0. The second-order valence-electron chi connectivity index (χ2n) is 11.6. The van der Waals surface area contributed by atoms with Gasteiger partial charge in [-0.25, -0.2) is 0 Å². The molecule has 202 valence electrons. The quantitative estimate of drug-likeness (QED) is 0.0657. The third kappa shape index (κ3) is 17.9. The van der Waals surface area contributed by atoms with E-state index in [1.54, 1.807) is 0 Å². The van der Waals surface area contributed by atoms with Crippen LogP contribution in [0.1, 0.15) is 143 Å². The van der Waals surface area contributed by atoms with E-state index in [1.807, 2.05) is 0 Å². The summed E-state index contributed by atoms with van der Waals surface area (Å²) in [5, 5.41) is 0. The van der Waals surface area contributed by atoms with Gasteiger partial charge in [0.2, 0.25) is 0 Å². The first kappa shape index (κ1) is 33.9. The van der Waals surface area contributed by atoms with E-state index < -0.39 is 14.3 Å². The molecule has 0 fully saturated rings. The van der Waals surface area contributed by atoms with Gasteiger partial charge in [0.15, 0.2) is 0 Å². The number of rotatable bonds is 25. The van der Waals surface area contributed by atoms with Crippen LogP contribution in [0.3, 0.4) is 0 Å². The molecule has 1 nitrogen and oxygen atoms in total. The zero-order valence-corrected chi connectivity index (χ0v) is 26.6. The zero-order valence-electron chi connectivity index (χ0n) is 24.0. The van der Waals surface area contributed by atoms with Crippen molar-refractivity contribution in [3.8, 4) is 0 Å². The van der Waals surface area contributed by atoms with Gasteiger partial charge in [-0.3, -0.25) is 0 Å². The molecular weight excluding hydrogens is 459 g/mol. The van der Waals surface area contributed by atoms with Crippen molar-refractivity contribution in [1.29, 1.82) is 0 Å². The first-order valence-electron chi connectivity index (χ1n) is 15.1. The molecule has 0 atom stereocenters. The Morgan fingerprint density at radius 1 is 0.515 bits per heavy atom. The molecule has 0 saturated carbocycles. The van der Waals surface area contributed by atoms with Crippen LogP contribution in [0.5, 0.6) is 0 Å². The second kappa shape index (κ2) is 20.0. The summed E-state index contributed by atoms with van der Waals surface area (Å²) in [5.41, 5.74) is 0. The van der Waals surface area contributed by atoms with E-state index in [4.69, 9.17) is 15.7 Å². The molecule has 33 heavy (non-hydrogen) atoms. The summed E-state index contributed by atoms with van der Waals surface area (Å²) in [4.78, 5) is 0. The fourth-order valence-corrected chi connectivity index (χ4v) is 23.9. The molecule has 0 radical (unpaired) electrons.